The highest BCUT2D eigenvalue weighted by Gasteiger charge is 2.31. The van der Waals surface area contributed by atoms with Gasteiger partial charge in [-0.3, -0.25) is 4.79 Å². The fraction of sp³-hybridized carbons (Fsp3) is 0.600. The minimum absolute atomic E-state index is 0.0389. The molecule has 0 aliphatic heterocycles. The maximum atomic E-state index is 11.8. The summed E-state index contributed by atoms with van der Waals surface area (Å²) in [5.41, 5.74) is 5.62. The van der Waals surface area contributed by atoms with Gasteiger partial charge in [-0.1, -0.05) is 0 Å². The molecule has 1 saturated carbocycles. The highest BCUT2D eigenvalue weighted by molar-refractivity contribution is 7.13. The van der Waals surface area contributed by atoms with Crippen LogP contribution >= 0.6 is 11.3 Å². The zero-order valence-electron chi connectivity index (χ0n) is 8.69. The van der Waals surface area contributed by atoms with E-state index in [9.17, 15) is 4.79 Å². The number of thiazole rings is 1. The van der Waals surface area contributed by atoms with E-state index in [-0.39, 0.29) is 11.9 Å². The molecule has 1 aromatic rings. The number of amides is 1. The quantitative estimate of drug-likeness (QED) is 0.800. The van der Waals surface area contributed by atoms with E-state index in [4.69, 9.17) is 5.73 Å². The topological polar surface area (TPSA) is 68.0 Å². The Bertz CT molecular complexity index is 359. The number of aromatic nitrogens is 1. The van der Waals surface area contributed by atoms with Crippen LogP contribution in [-0.2, 0) is 0 Å². The summed E-state index contributed by atoms with van der Waals surface area (Å²) < 4.78 is 0. The zero-order chi connectivity index (χ0) is 10.8. The van der Waals surface area contributed by atoms with Crippen LogP contribution in [-0.4, -0.2) is 23.5 Å². The molecule has 1 aromatic heterocycles. The fourth-order valence-corrected chi connectivity index (χ4v) is 2.25. The van der Waals surface area contributed by atoms with Crippen LogP contribution in [0.5, 0.6) is 0 Å². The van der Waals surface area contributed by atoms with Crippen molar-refractivity contribution in [3.8, 4) is 0 Å². The highest BCUT2D eigenvalue weighted by atomic mass is 32.1. The summed E-state index contributed by atoms with van der Waals surface area (Å²) in [5.74, 6) is 0.552. The Morgan fingerprint density at radius 1 is 1.80 bits per heavy atom. The third kappa shape index (κ3) is 2.54. The first-order valence-corrected chi connectivity index (χ1v) is 5.95. The normalized spacial score (nSPS) is 17.5. The summed E-state index contributed by atoms with van der Waals surface area (Å²) >= 11 is 1.42. The number of aryl methyl sites for hydroxylation is 1. The minimum atomic E-state index is -0.0389. The number of nitrogens with one attached hydrogen (secondary N) is 1. The van der Waals surface area contributed by atoms with Gasteiger partial charge in [0.1, 0.15) is 4.88 Å². The second-order valence-corrected chi connectivity index (χ2v) is 5.13. The van der Waals surface area contributed by atoms with Crippen LogP contribution in [0.2, 0.25) is 0 Å². The maximum Gasteiger partial charge on any atom is 0.263 e. The van der Waals surface area contributed by atoms with Crippen molar-refractivity contribution in [1.82, 2.24) is 10.3 Å². The van der Waals surface area contributed by atoms with Crippen molar-refractivity contribution in [2.75, 3.05) is 6.54 Å². The molecule has 0 spiro atoms. The summed E-state index contributed by atoms with van der Waals surface area (Å²) in [5, 5.41) is 3.88. The van der Waals surface area contributed by atoms with Crippen molar-refractivity contribution in [1.29, 1.82) is 0 Å². The summed E-state index contributed by atoms with van der Waals surface area (Å²) in [6.07, 6.45) is 3.99. The van der Waals surface area contributed by atoms with Crippen LogP contribution < -0.4 is 11.1 Å². The van der Waals surface area contributed by atoms with Crippen molar-refractivity contribution in [3.63, 3.8) is 0 Å². The summed E-state index contributed by atoms with van der Waals surface area (Å²) in [6.45, 7) is 2.41. The molecular formula is C10H15N3OS. The average Bonchev–Trinajstić information content (AvgIpc) is 2.97. The molecule has 3 N–H and O–H groups in total. The van der Waals surface area contributed by atoms with Gasteiger partial charge in [0.15, 0.2) is 0 Å². The van der Waals surface area contributed by atoms with Gasteiger partial charge in [0, 0.05) is 12.6 Å². The van der Waals surface area contributed by atoms with Gasteiger partial charge in [-0.25, -0.2) is 4.98 Å². The zero-order valence-corrected chi connectivity index (χ0v) is 9.51. The first kappa shape index (κ1) is 10.6. The van der Waals surface area contributed by atoms with E-state index in [1.54, 1.807) is 6.20 Å². The molecule has 1 aliphatic rings. The molecule has 0 saturated heterocycles. The molecule has 0 radical (unpaired) electrons. The van der Waals surface area contributed by atoms with E-state index < -0.39 is 0 Å². The molecule has 2 rings (SSSR count). The Labute approximate surface area is 92.9 Å². The van der Waals surface area contributed by atoms with Crippen LogP contribution in [0.25, 0.3) is 0 Å². The SMILES string of the molecule is Cc1ncc(C(=O)NC(CN)C2CC2)s1. The average molecular weight is 225 g/mol. The first-order valence-electron chi connectivity index (χ1n) is 5.14. The van der Waals surface area contributed by atoms with E-state index in [0.717, 1.165) is 5.01 Å². The maximum absolute atomic E-state index is 11.8. The van der Waals surface area contributed by atoms with Crippen LogP contribution in [0.3, 0.4) is 0 Å². The van der Waals surface area contributed by atoms with E-state index in [1.807, 2.05) is 6.92 Å². The number of rotatable bonds is 4. The summed E-state index contributed by atoms with van der Waals surface area (Å²) in [7, 11) is 0. The van der Waals surface area contributed by atoms with Crippen molar-refractivity contribution < 1.29 is 4.79 Å². The Balaban J connectivity index is 1.96. The number of hydrogen-bond acceptors (Lipinski definition) is 4. The molecule has 0 aromatic carbocycles. The van der Waals surface area contributed by atoms with Crippen molar-refractivity contribution in [3.05, 3.63) is 16.1 Å². The van der Waals surface area contributed by atoms with Gasteiger partial charge in [0.25, 0.3) is 5.91 Å². The molecule has 1 unspecified atom stereocenters. The van der Waals surface area contributed by atoms with E-state index >= 15 is 0 Å². The van der Waals surface area contributed by atoms with Gasteiger partial charge >= 0.3 is 0 Å². The Kier molecular flexibility index (Phi) is 3.02. The predicted octanol–water partition coefficient (Wildman–Crippen LogP) is 0.919. The molecule has 15 heavy (non-hydrogen) atoms. The number of carbonyl (C=O) groups excluding carboxylic acids is 1. The summed E-state index contributed by atoms with van der Waals surface area (Å²) in [4.78, 5) is 16.5. The molecule has 1 atom stereocenters. The molecule has 1 aliphatic carbocycles. The molecule has 1 amide bonds. The number of nitrogens with two attached hydrogens (primary N) is 1. The molecule has 1 fully saturated rings. The monoisotopic (exact) mass is 225 g/mol. The lowest BCUT2D eigenvalue weighted by atomic mass is 10.2. The number of carbonyl (C=O) groups is 1. The number of hydrogen-bond donors (Lipinski definition) is 2. The lowest BCUT2D eigenvalue weighted by Crippen LogP contribution is -2.41. The lowest BCUT2D eigenvalue weighted by molar-refractivity contribution is 0.0937. The standard InChI is InChI=1S/C10H15N3OS/c1-6-12-5-9(15-6)10(14)13-8(4-11)7-2-3-7/h5,7-8H,2-4,11H2,1H3,(H,13,14). The predicted molar refractivity (Wildman–Crippen MR) is 59.9 cm³/mol. The van der Waals surface area contributed by atoms with Gasteiger partial charge in [-0.05, 0) is 25.7 Å². The summed E-state index contributed by atoms with van der Waals surface area (Å²) in [6, 6.07) is 0.139. The molecule has 82 valence electrons. The first-order chi connectivity index (χ1) is 7.20. The second kappa shape index (κ2) is 4.28. The second-order valence-electron chi connectivity index (χ2n) is 3.90. The molecule has 0 bridgehead atoms. The van der Waals surface area contributed by atoms with Crippen molar-refractivity contribution in [2.24, 2.45) is 11.7 Å². The third-order valence-corrected chi connectivity index (χ3v) is 3.52. The van der Waals surface area contributed by atoms with Gasteiger partial charge in [-0.15, -0.1) is 11.3 Å². The number of nitrogens with zero attached hydrogens (tertiary/aromatic N) is 1. The fourth-order valence-electron chi connectivity index (χ4n) is 1.57. The molecule has 5 heteroatoms. The van der Waals surface area contributed by atoms with E-state index in [2.05, 4.69) is 10.3 Å². The Morgan fingerprint density at radius 2 is 2.53 bits per heavy atom. The third-order valence-electron chi connectivity index (χ3n) is 2.61. The highest BCUT2D eigenvalue weighted by Crippen LogP contribution is 2.32. The van der Waals surface area contributed by atoms with Gasteiger partial charge in [0.05, 0.1) is 11.2 Å². The Morgan fingerprint density at radius 3 is 3.00 bits per heavy atom. The minimum Gasteiger partial charge on any atom is -0.347 e. The lowest BCUT2D eigenvalue weighted by Gasteiger charge is -2.14. The van der Waals surface area contributed by atoms with Crippen LogP contribution in [0.4, 0.5) is 0 Å². The van der Waals surface area contributed by atoms with E-state index in [1.165, 1.54) is 24.2 Å². The van der Waals surface area contributed by atoms with Gasteiger partial charge in [-0.2, -0.15) is 0 Å². The Hall–Kier alpha value is -0.940. The van der Waals surface area contributed by atoms with Crippen LogP contribution in [0.1, 0.15) is 27.5 Å². The molecule has 1 heterocycles. The smallest absolute Gasteiger partial charge is 0.263 e. The van der Waals surface area contributed by atoms with Crippen molar-refractivity contribution in [2.45, 2.75) is 25.8 Å². The van der Waals surface area contributed by atoms with Crippen LogP contribution in [0, 0.1) is 12.8 Å². The van der Waals surface area contributed by atoms with E-state index in [0.29, 0.717) is 17.3 Å². The largest absolute Gasteiger partial charge is 0.347 e. The van der Waals surface area contributed by atoms with Crippen molar-refractivity contribution >= 4 is 17.2 Å². The van der Waals surface area contributed by atoms with Crippen LogP contribution in [0.15, 0.2) is 6.20 Å². The van der Waals surface area contributed by atoms with Gasteiger partial charge in [0.2, 0.25) is 0 Å². The molecule has 4 nitrogen and oxygen atoms in total. The molecular weight excluding hydrogens is 210 g/mol. The van der Waals surface area contributed by atoms with Gasteiger partial charge < -0.3 is 11.1 Å².